The van der Waals surface area contributed by atoms with Gasteiger partial charge in [0.1, 0.15) is 23.0 Å². The first kappa shape index (κ1) is 47.4. The summed E-state index contributed by atoms with van der Waals surface area (Å²) in [4.78, 5) is 50.9. The maximum absolute atomic E-state index is 12.6. The summed E-state index contributed by atoms with van der Waals surface area (Å²) in [7, 11) is 0. The number of carbonyl (C=O) groups is 3. The third kappa shape index (κ3) is 11.3. The van der Waals surface area contributed by atoms with Crippen LogP contribution in [0, 0.1) is 5.41 Å². The fourth-order valence-electron chi connectivity index (χ4n) is 6.18. The van der Waals surface area contributed by atoms with Gasteiger partial charge in [-0.3, -0.25) is 34.7 Å². The molecule has 314 valence electrons. The van der Waals surface area contributed by atoms with E-state index in [0.717, 1.165) is 28.2 Å². The number of para-hydroxylation sites is 2. The fraction of sp³-hybridized carbons (Fsp3) is 0.0930. The molecule has 2 N–H and O–H groups in total. The molecule has 4 aromatic heterocycles. The number of benzene rings is 2. The van der Waals surface area contributed by atoms with E-state index >= 15 is 0 Å². The number of hydrogen-bond donors (Lipinski definition) is 1. The second kappa shape index (κ2) is 21.3. The van der Waals surface area contributed by atoms with E-state index in [1.54, 1.807) is 12.3 Å². The molecule has 0 aliphatic carbocycles. The van der Waals surface area contributed by atoms with Crippen molar-refractivity contribution in [2.45, 2.75) is 25.4 Å². The summed E-state index contributed by atoms with van der Waals surface area (Å²) >= 11 is 3.70. The van der Waals surface area contributed by atoms with Crippen molar-refractivity contribution in [3.8, 4) is 40.0 Å². The number of aromatic nitrogens is 4. The zero-order chi connectivity index (χ0) is 44.2. The smallest absolute Gasteiger partial charge is 0.753 e. The summed E-state index contributed by atoms with van der Waals surface area (Å²) in [5.74, 6) is 0.760. The van der Waals surface area contributed by atoms with Crippen LogP contribution in [0.5, 0.6) is 17.2 Å². The number of fused-ring (bicyclic) bond motifs is 2. The van der Waals surface area contributed by atoms with Gasteiger partial charge in [-0.2, -0.15) is 18.3 Å². The van der Waals surface area contributed by atoms with Crippen LogP contribution in [0.4, 0.5) is 30.2 Å². The number of nitrogens with one attached hydrogen (secondary N) is 2. The Kier molecular flexibility index (Phi) is 16.2. The van der Waals surface area contributed by atoms with Gasteiger partial charge in [-0.1, -0.05) is 62.5 Å². The van der Waals surface area contributed by atoms with Crippen molar-refractivity contribution in [3.63, 3.8) is 0 Å². The number of pyridine rings is 4. The number of anilines is 3. The van der Waals surface area contributed by atoms with Gasteiger partial charge in [-0.05, 0) is 53.6 Å². The van der Waals surface area contributed by atoms with Gasteiger partial charge in [-0.15, -0.1) is 5.70 Å². The van der Waals surface area contributed by atoms with Gasteiger partial charge in [0.05, 0.1) is 46.0 Å². The van der Waals surface area contributed by atoms with Crippen LogP contribution in [-0.2, 0) is 39.3 Å². The predicted octanol–water partition coefficient (Wildman–Crippen LogP) is 9.63. The molecule has 0 amide bonds. The molecule has 2 aromatic carbocycles. The van der Waals surface area contributed by atoms with E-state index in [2.05, 4.69) is 63.0 Å². The zero-order valence-corrected chi connectivity index (χ0v) is 34.9. The molecule has 1 aliphatic heterocycles. The molecule has 0 saturated heterocycles. The van der Waals surface area contributed by atoms with Crippen molar-refractivity contribution >= 4 is 65.3 Å². The Balaban J connectivity index is 0.000000255. The van der Waals surface area contributed by atoms with E-state index in [-0.39, 0.29) is 54.3 Å². The Hall–Kier alpha value is -7.33. The predicted molar refractivity (Wildman–Crippen MR) is 224 cm³/mol. The van der Waals surface area contributed by atoms with Crippen molar-refractivity contribution < 1.29 is 61.2 Å². The van der Waals surface area contributed by atoms with Gasteiger partial charge in [0, 0.05) is 47.8 Å². The van der Waals surface area contributed by atoms with Gasteiger partial charge < -0.3 is 30.3 Å². The normalized spacial score (nSPS) is 12.1. The number of carbonyl (C=O) groups excluding carboxylic acids is 3. The summed E-state index contributed by atoms with van der Waals surface area (Å²) < 4.78 is 52.3. The average molecular weight is 946 g/mol. The minimum atomic E-state index is -4.79. The molecule has 0 unspecified atom stereocenters. The molecule has 0 saturated carbocycles. The monoisotopic (exact) mass is 946 g/mol. The molecule has 7 rings (SSSR count). The van der Waals surface area contributed by atoms with Crippen LogP contribution in [0.3, 0.4) is 0 Å². The second-order valence-electron chi connectivity index (χ2n) is 12.9. The first-order valence-corrected chi connectivity index (χ1v) is 18.0. The molecular weight excluding hydrogens is 915 g/mol. The van der Waals surface area contributed by atoms with Crippen molar-refractivity contribution in [2.75, 3.05) is 4.90 Å². The molecule has 0 radical (unpaired) electrons. The number of rotatable bonds is 11. The van der Waals surface area contributed by atoms with Gasteiger partial charge in [-0.25, -0.2) is 4.98 Å². The number of alkyl halides is 3. The molecule has 14 nitrogen and oxygen atoms in total. The summed E-state index contributed by atoms with van der Waals surface area (Å²) in [6.07, 6.45) is 0.107. The molecule has 6 aromatic rings. The standard InChI is InChI=1S/C24H20F3N4.C18H11N3O6.CNS.Ru/c1-23(2)16-7-3-5-9-20(16)31(21-10-6-4-8-17(21)23)15-11-12-19(30-14-15)18(28)13-22(29)24(25,26)27;22-9-25-12-1-3-19-15(5-12)17-7-14(27-11-24)8-18(21-17)16-6-13(26-10-23)2-4-20-16;2-1-3;/h3-14,28-29H,1-2H3;1-11H;;/q-1;;-1;+2/b18-13-,29-22?;;;. The third-order valence-electron chi connectivity index (χ3n) is 8.85. The van der Waals surface area contributed by atoms with Crippen LogP contribution in [-0.4, -0.2) is 56.4 Å². The van der Waals surface area contributed by atoms with Crippen molar-refractivity contribution in [2.24, 2.45) is 0 Å². The van der Waals surface area contributed by atoms with Crippen LogP contribution >= 0.6 is 12.2 Å². The summed E-state index contributed by atoms with van der Waals surface area (Å²) in [6, 6.07) is 28.4. The number of hydrogen-bond acceptors (Lipinski definition) is 13. The summed E-state index contributed by atoms with van der Waals surface area (Å²) in [5.41, 5.74) is 12.2. The van der Waals surface area contributed by atoms with Crippen LogP contribution in [0.25, 0.3) is 39.6 Å². The van der Waals surface area contributed by atoms with Crippen molar-refractivity contribution in [1.82, 2.24) is 19.9 Å². The van der Waals surface area contributed by atoms with E-state index in [4.69, 9.17) is 30.8 Å². The topological polar surface area (TPSA) is 204 Å². The van der Waals surface area contributed by atoms with Crippen LogP contribution in [0.1, 0.15) is 30.7 Å². The maximum atomic E-state index is 12.6. The number of ether oxygens (including phenoxy) is 3. The summed E-state index contributed by atoms with van der Waals surface area (Å²) in [5, 5.41) is 15.5. The maximum Gasteiger partial charge on any atom is 2.00 e. The number of halogens is 3. The molecule has 0 bridgehead atoms. The molecule has 62 heavy (non-hydrogen) atoms. The third-order valence-corrected chi connectivity index (χ3v) is 8.85. The van der Waals surface area contributed by atoms with Crippen LogP contribution in [0.15, 0.2) is 122 Å². The number of allylic oxidation sites excluding steroid dienone is 1. The Labute approximate surface area is 370 Å². The minimum Gasteiger partial charge on any atom is -0.753 e. The van der Waals surface area contributed by atoms with E-state index in [1.807, 2.05) is 36.4 Å². The van der Waals surface area contributed by atoms with Gasteiger partial charge in [0.2, 0.25) is 0 Å². The first-order valence-electron chi connectivity index (χ1n) is 17.6. The first-order chi connectivity index (χ1) is 29.2. The Bertz CT molecular complexity index is 2520. The van der Waals surface area contributed by atoms with Crippen LogP contribution < -0.4 is 19.1 Å². The second-order valence-corrected chi connectivity index (χ2v) is 13.1. The molecule has 5 heterocycles. The Morgan fingerprint density at radius 2 is 1.21 bits per heavy atom. The summed E-state index contributed by atoms with van der Waals surface area (Å²) in [6.45, 7) is 5.23. The van der Waals surface area contributed by atoms with Gasteiger partial charge in [0.25, 0.3) is 19.4 Å². The molecule has 1 aliphatic rings. The number of thiocarbonyl (C=S) groups is 1. The minimum absolute atomic E-state index is 0. The van der Waals surface area contributed by atoms with E-state index in [0.29, 0.717) is 41.8 Å². The molecule has 0 fully saturated rings. The molecule has 0 spiro atoms. The SMILES string of the molecule is CC1(C)c2ccccc2N(c2ccc(/C([NH-])=C/C(=N)C(F)(F)F)nc2)c2ccccc21.O=COc1ccnc(-c2cc(OC=O)cc(-c3cc(OC=O)ccn3)n2)c1.[N-]=C=S.[Ru+2]. The Morgan fingerprint density at radius 1 is 0.758 bits per heavy atom. The molecular formula is C43H31F3N8O6RuS. The molecule has 19 heteroatoms. The van der Waals surface area contributed by atoms with Crippen molar-refractivity contribution in [3.05, 3.63) is 150 Å². The average Bonchev–Trinajstić information content (AvgIpc) is 3.25. The zero-order valence-electron chi connectivity index (χ0n) is 32.3. The van der Waals surface area contributed by atoms with Crippen molar-refractivity contribution in [1.29, 1.82) is 5.41 Å². The Morgan fingerprint density at radius 3 is 1.65 bits per heavy atom. The van der Waals surface area contributed by atoms with Gasteiger partial charge in [0.15, 0.2) is 0 Å². The quantitative estimate of drug-likeness (QED) is 0.0558. The van der Waals surface area contributed by atoms with Crippen LogP contribution in [0.2, 0.25) is 0 Å². The fourth-order valence-corrected chi connectivity index (χ4v) is 6.18. The van der Waals surface area contributed by atoms with E-state index in [9.17, 15) is 27.6 Å². The molecule has 0 atom stereocenters. The number of isothiocyanates is 1. The van der Waals surface area contributed by atoms with Gasteiger partial charge >= 0.3 is 25.7 Å². The largest absolute Gasteiger partial charge is 2.00 e. The van der Waals surface area contributed by atoms with E-state index < -0.39 is 17.6 Å². The number of nitrogens with zero attached hydrogens (tertiary/aromatic N) is 6. The van der Waals surface area contributed by atoms with E-state index in [1.165, 1.54) is 60.0 Å².